The number of urea groups is 1. The van der Waals surface area contributed by atoms with Crippen LogP contribution in [0, 0.1) is 17.8 Å². The third-order valence-corrected chi connectivity index (χ3v) is 5.22. The molecule has 1 saturated heterocycles. The van der Waals surface area contributed by atoms with Gasteiger partial charge in [-0.15, -0.1) is 0 Å². The Morgan fingerprint density at radius 3 is 2.57 bits per heavy atom. The van der Waals surface area contributed by atoms with Crippen molar-refractivity contribution in [3.8, 4) is 0 Å². The maximum absolute atomic E-state index is 12.3. The van der Waals surface area contributed by atoms with E-state index in [1.54, 1.807) is 0 Å². The van der Waals surface area contributed by atoms with E-state index in [0.29, 0.717) is 37.3 Å². The number of nitrogens with one attached hydrogen (secondary N) is 1. The van der Waals surface area contributed by atoms with Crippen LogP contribution in [0.2, 0.25) is 0 Å². The van der Waals surface area contributed by atoms with Crippen LogP contribution in [0.15, 0.2) is 0 Å². The third-order valence-electron chi connectivity index (χ3n) is 5.22. The number of hydrogen-bond acceptors (Lipinski definition) is 2. The first kappa shape index (κ1) is 16.1. The molecule has 2 amide bonds. The highest BCUT2D eigenvalue weighted by Gasteiger charge is 2.35. The molecule has 2 rings (SSSR count). The standard InChI is InChI=1S/C16H28N2O3/c1-11-7-8-18(14(9-11)15(19)20)16(21)17-10-13-6-4-3-5-12(13)2/h11-14H,3-10H2,1-2H3,(H,17,21)(H,19,20). The van der Waals surface area contributed by atoms with Gasteiger partial charge in [-0.2, -0.15) is 0 Å². The van der Waals surface area contributed by atoms with Crippen LogP contribution in [0.1, 0.15) is 52.4 Å². The van der Waals surface area contributed by atoms with Crippen LogP contribution in [-0.4, -0.2) is 41.1 Å². The Morgan fingerprint density at radius 1 is 1.19 bits per heavy atom. The predicted molar refractivity (Wildman–Crippen MR) is 81.0 cm³/mol. The Morgan fingerprint density at radius 2 is 1.90 bits per heavy atom. The number of hydrogen-bond donors (Lipinski definition) is 2. The Balaban J connectivity index is 1.87. The molecular formula is C16H28N2O3. The summed E-state index contributed by atoms with van der Waals surface area (Å²) < 4.78 is 0. The lowest BCUT2D eigenvalue weighted by molar-refractivity contribution is -0.143. The van der Waals surface area contributed by atoms with Crippen molar-refractivity contribution in [2.24, 2.45) is 17.8 Å². The zero-order chi connectivity index (χ0) is 15.4. The highest BCUT2D eigenvalue weighted by atomic mass is 16.4. The molecule has 120 valence electrons. The van der Waals surface area contributed by atoms with E-state index >= 15 is 0 Å². The zero-order valence-corrected chi connectivity index (χ0v) is 13.2. The maximum Gasteiger partial charge on any atom is 0.326 e. The molecular weight excluding hydrogens is 268 g/mol. The molecule has 1 saturated carbocycles. The monoisotopic (exact) mass is 296 g/mol. The predicted octanol–water partition coefficient (Wildman–Crippen LogP) is 2.71. The van der Waals surface area contributed by atoms with Crippen LogP contribution in [0.25, 0.3) is 0 Å². The average Bonchev–Trinajstić information content (AvgIpc) is 2.46. The van der Waals surface area contributed by atoms with E-state index in [1.807, 2.05) is 0 Å². The first-order valence-electron chi connectivity index (χ1n) is 8.26. The fraction of sp³-hybridized carbons (Fsp3) is 0.875. The minimum Gasteiger partial charge on any atom is -0.480 e. The Hall–Kier alpha value is -1.26. The van der Waals surface area contributed by atoms with Crippen molar-refractivity contribution >= 4 is 12.0 Å². The molecule has 1 aliphatic carbocycles. The maximum atomic E-state index is 12.3. The Bertz CT molecular complexity index is 386. The highest BCUT2D eigenvalue weighted by Crippen LogP contribution is 2.29. The molecule has 2 aliphatic rings. The van der Waals surface area contributed by atoms with E-state index in [-0.39, 0.29) is 6.03 Å². The summed E-state index contributed by atoms with van der Waals surface area (Å²) >= 11 is 0. The fourth-order valence-corrected chi connectivity index (χ4v) is 3.63. The molecule has 1 aliphatic heterocycles. The summed E-state index contributed by atoms with van der Waals surface area (Å²) in [5.74, 6) is 0.668. The van der Waals surface area contributed by atoms with Gasteiger partial charge in [0.05, 0.1) is 0 Å². The minimum atomic E-state index is -0.886. The molecule has 0 spiro atoms. The number of carbonyl (C=O) groups excluding carboxylic acids is 1. The van der Waals surface area contributed by atoms with E-state index in [0.717, 1.165) is 6.42 Å². The third kappa shape index (κ3) is 4.11. The van der Waals surface area contributed by atoms with E-state index < -0.39 is 12.0 Å². The van der Waals surface area contributed by atoms with Crippen molar-refractivity contribution in [1.82, 2.24) is 10.2 Å². The molecule has 0 bridgehead atoms. The van der Waals surface area contributed by atoms with Crippen molar-refractivity contribution in [3.05, 3.63) is 0 Å². The van der Waals surface area contributed by atoms with E-state index in [9.17, 15) is 14.7 Å². The van der Waals surface area contributed by atoms with Crippen LogP contribution < -0.4 is 5.32 Å². The fourth-order valence-electron chi connectivity index (χ4n) is 3.63. The molecule has 0 aromatic heterocycles. The average molecular weight is 296 g/mol. The quantitative estimate of drug-likeness (QED) is 0.841. The molecule has 1 heterocycles. The molecule has 21 heavy (non-hydrogen) atoms. The molecule has 4 atom stereocenters. The molecule has 4 unspecified atom stereocenters. The highest BCUT2D eigenvalue weighted by molar-refractivity contribution is 5.82. The van der Waals surface area contributed by atoms with E-state index in [2.05, 4.69) is 19.2 Å². The van der Waals surface area contributed by atoms with Crippen molar-refractivity contribution in [3.63, 3.8) is 0 Å². The second-order valence-corrected chi connectivity index (χ2v) is 6.88. The van der Waals surface area contributed by atoms with Crippen LogP contribution >= 0.6 is 0 Å². The lowest BCUT2D eigenvalue weighted by atomic mass is 9.80. The minimum absolute atomic E-state index is 0.202. The van der Waals surface area contributed by atoms with Gasteiger partial charge in [0.2, 0.25) is 0 Å². The van der Waals surface area contributed by atoms with Crippen molar-refractivity contribution in [2.75, 3.05) is 13.1 Å². The number of aliphatic carboxylic acids is 1. The van der Waals surface area contributed by atoms with Gasteiger partial charge in [-0.25, -0.2) is 9.59 Å². The summed E-state index contributed by atoms with van der Waals surface area (Å²) in [6.45, 7) is 5.52. The SMILES string of the molecule is CC1CCN(C(=O)NCC2CCCCC2C)C(C(=O)O)C1. The first-order valence-corrected chi connectivity index (χ1v) is 8.26. The lowest BCUT2D eigenvalue weighted by Gasteiger charge is -2.36. The Kier molecular flexibility index (Phi) is 5.48. The molecule has 5 nitrogen and oxygen atoms in total. The van der Waals surface area contributed by atoms with Crippen LogP contribution in [0.3, 0.4) is 0 Å². The normalized spacial score (nSPS) is 33.5. The number of carboxylic acid groups (broad SMARTS) is 1. The van der Waals surface area contributed by atoms with Crippen LogP contribution in [0.5, 0.6) is 0 Å². The summed E-state index contributed by atoms with van der Waals surface area (Å²) in [7, 11) is 0. The lowest BCUT2D eigenvalue weighted by Crippen LogP contribution is -2.54. The number of nitrogens with zero attached hydrogens (tertiary/aromatic N) is 1. The topological polar surface area (TPSA) is 69.6 Å². The summed E-state index contributed by atoms with van der Waals surface area (Å²) in [6, 6.07) is -0.871. The number of carbonyl (C=O) groups is 2. The zero-order valence-electron chi connectivity index (χ0n) is 13.2. The summed E-state index contributed by atoms with van der Waals surface area (Å²) in [5, 5.41) is 12.3. The van der Waals surface area contributed by atoms with E-state index in [4.69, 9.17) is 0 Å². The number of likely N-dealkylation sites (tertiary alicyclic amines) is 1. The number of amides is 2. The molecule has 0 radical (unpaired) electrons. The van der Waals surface area contributed by atoms with Gasteiger partial charge in [-0.1, -0.05) is 33.1 Å². The largest absolute Gasteiger partial charge is 0.480 e. The molecule has 2 fully saturated rings. The van der Waals surface area contributed by atoms with Crippen molar-refractivity contribution in [1.29, 1.82) is 0 Å². The first-order chi connectivity index (χ1) is 9.99. The van der Waals surface area contributed by atoms with Gasteiger partial charge in [0.25, 0.3) is 0 Å². The van der Waals surface area contributed by atoms with Gasteiger partial charge in [0.15, 0.2) is 0 Å². The van der Waals surface area contributed by atoms with Gasteiger partial charge in [-0.3, -0.25) is 0 Å². The van der Waals surface area contributed by atoms with Gasteiger partial charge < -0.3 is 15.3 Å². The summed E-state index contributed by atoms with van der Waals surface area (Å²) in [6.07, 6.45) is 6.38. The number of rotatable bonds is 3. The molecule has 2 N–H and O–H groups in total. The van der Waals surface area contributed by atoms with Gasteiger partial charge in [-0.05, 0) is 37.0 Å². The second kappa shape index (κ2) is 7.14. The van der Waals surface area contributed by atoms with Gasteiger partial charge >= 0.3 is 12.0 Å². The van der Waals surface area contributed by atoms with Crippen molar-refractivity contribution in [2.45, 2.75) is 58.4 Å². The van der Waals surface area contributed by atoms with Crippen LogP contribution in [-0.2, 0) is 4.79 Å². The molecule has 0 aromatic rings. The Labute approximate surface area is 127 Å². The molecule has 0 aromatic carbocycles. The summed E-state index contributed by atoms with van der Waals surface area (Å²) in [5.41, 5.74) is 0. The second-order valence-electron chi connectivity index (χ2n) is 6.88. The van der Waals surface area contributed by atoms with Gasteiger partial charge in [0.1, 0.15) is 6.04 Å². The van der Waals surface area contributed by atoms with Gasteiger partial charge in [0, 0.05) is 13.1 Å². The summed E-state index contributed by atoms with van der Waals surface area (Å²) in [4.78, 5) is 25.2. The van der Waals surface area contributed by atoms with Crippen LogP contribution in [0.4, 0.5) is 4.79 Å². The van der Waals surface area contributed by atoms with Crippen molar-refractivity contribution < 1.29 is 14.7 Å². The smallest absolute Gasteiger partial charge is 0.326 e. The molecule has 5 heteroatoms. The number of carboxylic acids is 1. The van der Waals surface area contributed by atoms with E-state index in [1.165, 1.54) is 30.6 Å². The number of piperidine rings is 1.